The van der Waals surface area contributed by atoms with Gasteiger partial charge in [0.1, 0.15) is 5.52 Å². The van der Waals surface area contributed by atoms with E-state index in [0.29, 0.717) is 47.6 Å². The average Bonchev–Trinajstić information content (AvgIpc) is 3.09. The van der Waals surface area contributed by atoms with Gasteiger partial charge in [-0.2, -0.15) is 0 Å². The standard InChI is InChI=1S/C21H30N4O3/c1-13(26)9-10-22-24-20(27)17-7-4-8-18-19(17)23-21(28-18)14-11-15-5-3-6-16(12-14)25(15)2/h4,7-8,13-16,22,26H,3,5-6,9-12H2,1-2H3,(H,24,27). The predicted molar refractivity (Wildman–Crippen MR) is 107 cm³/mol. The number of benzene rings is 1. The van der Waals surface area contributed by atoms with Gasteiger partial charge in [-0.05, 0) is 58.2 Å². The third-order valence-corrected chi connectivity index (χ3v) is 6.26. The molecule has 152 valence electrons. The van der Waals surface area contributed by atoms with Gasteiger partial charge in [0.15, 0.2) is 11.5 Å². The predicted octanol–water partition coefficient (Wildman–Crippen LogP) is 2.56. The molecule has 2 fully saturated rings. The SMILES string of the molecule is CC(O)CCNNC(=O)c1cccc2oc(C3CC4CCCC(C3)N4C)nc12. The van der Waals surface area contributed by atoms with E-state index in [-0.39, 0.29) is 5.91 Å². The average molecular weight is 386 g/mol. The lowest BCUT2D eigenvalue weighted by Crippen LogP contribution is -2.49. The highest BCUT2D eigenvalue weighted by molar-refractivity contribution is 6.04. The number of hydrogen-bond acceptors (Lipinski definition) is 6. The number of aliphatic hydroxyl groups excluding tert-OH is 1. The summed E-state index contributed by atoms with van der Waals surface area (Å²) in [6, 6.07) is 6.68. The van der Waals surface area contributed by atoms with E-state index in [2.05, 4.69) is 22.8 Å². The lowest BCUT2D eigenvalue weighted by atomic mass is 9.79. The maximum Gasteiger partial charge on any atom is 0.267 e. The number of amides is 1. The van der Waals surface area contributed by atoms with Crippen LogP contribution in [0.3, 0.4) is 0 Å². The van der Waals surface area contributed by atoms with Gasteiger partial charge in [0.05, 0.1) is 11.7 Å². The zero-order valence-electron chi connectivity index (χ0n) is 16.6. The van der Waals surface area contributed by atoms with Crippen LogP contribution < -0.4 is 10.9 Å². The van der Waals surface area contributed by atoms with Gasteiger partial charge >= 0.3 is 0 Å². The van der Waals surface area contributed by atoms with E-state index in [1.165, 1.54) is 19.3 Å². The summed E-state index contributed by atoms with van der Waals surface area (Å²) in [5, 5.41) is 9.30. The molecule has 1 aromatic carbocycles. The van der Waals surface area contributed by atoms with Crippen LogP contribution in [0.1, 0.15) is 67.6 Å². The van der Waals surface area contributed by atoms with E-state index in [0.717, 1.165) is 18.7 Å². The maximum atomic E-state index is 12.6. The van der Waals surface area contributed by atoms with Gasteiger partial charge in [0.25, 0.3) is 5.91 Å². The number of nitrogens with zero attached hydrogens (tertiary/aromatic N) is 2. The van der Waals surface area contributed by atoms with Crippen molar-refractivity contribution in [3.05, 3.63) is 29.7 Å². The fraction of sp³-hybridized carbons (Fsp3) is 0.619. The van der Waals surface area contributed by atoms with Gasteiger partial charge in [-0.1, -0.05) is 12.5 Å². The van der Waals surface area contributed by atoms with E-state index in [1.54, 1.807) is 13.0 Å². The number of hydrazine groups is 1. The highest BCUT2D eigenvalue weighted by Crippen LogP contribution is 2.41. The van der Waals surface area contributed by atoms with E-state index >= 15 is 0 Å². The number of carbonyl (C=O) groups excluding carboxylic acids is 1. The smallest absolute Gasteiger partial charge is 0.267 e. The van der Waals surface area contributed by atoms with Gasteiger partial charge in [-0.3, -0.25) is 10.2 Å². The van der Waals surface area contributed by atoms with Crippen LogP contribution in [0.25, 0.3) is 11.1 Å². The molecule has 3 heterocycles. The third-order valence-electron chi connectivity index (χ3n) is 6.26. The Kier molecular flexibility index (Phi) is 5.66. The molecule has 0 radical (unpaired) electrons. The summed E-state index contributed by atoms with van der Waals surface area (Å²) < 4.78 is 6.09. The number of piperidine rings is 2. The molecule has 1 amide bonds. The molecule has 4 rings (SSSR count). The number of para-hydroxylation sites is 1. The van der Waals surface area contributed by atoms with Gasteiger partial charge in [-0.15, -0.1) is 0 Å². The molecule has 7 nitrogen and oxygen atoms in total. The van der Waals surface area contributed by atoms with Crippen molar-refractivity contribution in [3.63, 3.8) is 0 Å². The van der Waals surface area contributed by atoms with Crippen LogP contribution in [0, 0.1) is 0 Å². The number of carbonyl (C=O) groups is 1. The van der Waals surface area contributed by atoms with Gasteiger partial charge in [-0.25, -0.2) is 10.4 Å². The van der Waals surface area contributed by atoms with Crippen LogP contribution in [0.15, 0.2) is 22.6 Å². The second kappa shape index (κ2) is 8.19. The number of fused-ring (bicyclic) bond motifs is 3. The molecular weight excluding hydrogens is 356 g/mol. The second-order valence-corrected chi connectivity index (χ2v) is 8.30. The molecule has 2 saturated heterocycles. The molecule has 7 heteroatoms. The first kappa shape index (κ1) is 19.4. The minimum absolute atomic E-state index is 0.240. The van der Waals surface area contributed by atoms with Crippen molar-refractivity contribution in [2.75, 3.05) is 13.6 Å². The first-order chi connectivity index (χ1) is 13.5. The zero-order chi connectivity index (χ0) is 19.7. The van der Waals surface area contributed by atoms with Crippen LogP contribution in [0.4, 0.5) is 0 Å². The molecule has 2 aliphatic heterocycles. The fourth-order valence-electron chi connectivity index (χ4n) is 4.63. The number of rotatable bonds is 6. The topological polar surface area (TPSA) is 90.6 Å². The molecule has 3 unspecified atom stereocenters. The quantitative estimate of drug-likeness (QED) is 0.522. The van der Waals surface area contributed by atoms with Crippen molar-refractivity contribution in [1.82, 2.24) is 20.7 Å². The van der Waals surface area contributed by atoms with Crippen LogP contribution in [-0.4, -0.2) is 52.7 Å². The largest absolute Gasteiger partial charge is 0.440 e. The number of aliphatic hydroxyl groups is 1. The lowest BCUT2D eigenvalue weighted by molar-refractivity contribution is 0.0504. The summed E-state index contributed by atoms with van der Waals surface area (Å²) in [5.74, 6) is 0.845. The molecule has 3 N–H and O–H groups in total. The van der Waals surface area contributed by atoms with Crippen LogP contribution in [-0.2, 0) is 0 Å². The molecule has 2 aromatic rings. The highest BCUT2D eigenvalue weighted by Gasteiger charge is 2.38. The molecule has 3 atom stereocenters. The van der Waals surface area contributed by atoms with Crippen molar-refractivity contribution < 1.29 is 14.3 Å². The Morgan fingerprint density at radius 1 is 1.36 bits per heavy atom. The van der Waals surface area contributed by atoms with E-state index in [9.17, 15) is 9.90 Å². The number of oxazole rings is 1. The lowest BCUT2D eigenvalue weighted by Gasteiger charge is -2.46. The number of hydrogen-bond donors (Lipinski definition) is 3. The van der Waals surface area contributed by atoms with Crippen molar-refractivity contribution in [1.29, 1.82) is 0 Å². The molecular formula is C21H30N4O3. The van der Waals surface area contributed by atoms with Crippen LogP contribution in [0.5, 0.6) is 0 Å². The van der Waals surface area contributed by atoms with E-state index < -0.39 is 6.10 Å². The minimum atomic E-state index is -0.403. The fourth-order valence-corrected chi connectivity index (χ4v) is 4.63. The highest BCUT2D eigenvalue weighted by atomic mass is 16.3. The number of nitrogens with one attached hydrogen (secondary N) is 2. The number of aromatic nitrogens is 1. The summed E-state index contributed by atoms with van der Waals surface area (Å²) in [6.45, 7) is 2.22. The molecule has 0 saturated carbocycles. The monoisotopic (exact) mass is 386 g/mol. The Balaban J connectivity index is 1.50. The molecule has 2 bridgehead atoms. The Hall–Kier alpha value is -1.96. The maximum absolute atomic E-state index is 12.6. The van der Waals surface area contributed by atoms with E-state index in [4.69, 9.17) is 9.40 Å². The summed E-state index contributed by atoms with van der Waals surface area (Å²) in [4.78, 5) is 19.8. The summed E-state index contributed by atoms with van der Waals surface area (Å²) in [6.07, 6.45) is 6.11. The minimum Gasteiger partial charge on any atom is -0.440 e. The Morgan fingerprint density at radius 2 is 2.11 bits per heavy atom. The second-order valence-electron chi connectivity index (χ2n) is 8.30. The van der Waals surface area contributed by atoms with Crippen molar-refractivity contribution >= 4 is 17.0 Å². The summed E-state index contributed by atoms with van der Waals surface area (Å²) in [7, 11) is 2.24. The van der Waals surface area contributed by atoms with E-state index in [1.807, 2.05) is 12.1 Å². The van der Waals surface area contributed by atoms with Gasteiger partial charge in [0, 0.05) is 24.5 Å². The van der Waals surface area contributed by atoms with Gasteiger partial charge < -0.3 is 14.4 Å². The Labute approximate surface area is 165 Å². The normalized spacial score (nSPS) is 26.3. The Morgan fingerprint density at radius 3 is 2.82 bits per heavy atom. The van der Waals surface area contributed by atoms with Gasteiger partial charge in [0.2, 0.25) is 0 Å². The zero-order valence-corrected chi connectivity index (χ0v) is 16.6. The van der Waals surface area contributed by atoms with Crippen LogP contribution in [0.2, 0.25) is 0 Å². The first-order valence-electron chi connectivity index (χ1n) is 10.4. The molecule has 1 aromatic heterocycles. The molecule has 0 spiro atoms. The van der Waals surface area contributed by atoms with Crippen LogP contribution >= 0.6 is 0 Å². The van der Waals surface area contributed by atoms with Crippen molar-refractivity contribution in [3.8, 4) is 0 Å². The summed E-state index contributed by atoms with van der Waals surface area (Å²) >= 11 is 0. The Bertz CT molecular complexity index is 820. The van der Waals surface area contributed by atoms with Crippen molar-refractivity contribution in [2.24, 2.45) is 0 Å². The molecule has 28 heavy (non-hydrogen) atoms. The molecule has 2 aliphatic rings. The third kappa shape index (κ3) is 3.92. The molecule has 0 aliphatic carbocycles. The first-order valence-corrected chi connectivity index (χ1v) is 10.4. The van der Waals surface area contributed by atoms with Crippen molar-refractivity contribution in [2.45, 2.75) is 69.6 Å². The summed E-state index contributed by atoms with van der Waals surface area (Å²) in [5.41, 5.74) is 7.33.